The molecule has 0 fully saturated rings. The number of nitrogens with zero attached hydrogens (tertiary/aromatic N) is 4. The van der Waals surface area contributed by atoms with E-state index in [4.69, 9.17) is 0 Å². The van der Waals surface area contributed by atoms with Gasteiger partial charge in [0, 0.05) is 29.5 Å². The smallest absolute Gasteiger partial charge is 0.275 e. The van der Waals surface area contributed by atoms with E-state index in [1.165, 1.54) is 4.52 Å². The van der Waals surface area contributed by atoms with Crippen LogP contribution < -0.4 is 10.9 Å². The van der Waals surface area contributed by atoms with E-state index in [1.54, 1.807) is 31.5 Å². The van der Waals surface area contributed by atoms with Crippen LogP contribution in [-0.2, 0) is 0 Å². The molecule has 4 rings (SSSR count). The first kappa shape index (κ1) is 18.4. The summed E-state index contributed by atoms with van der Waals surface area (Å²) in [5.41, 5.74) is 9.41. The van der Waals surface area contributed by atoms with Crippen LogP contribution in [0.15, 0.2) is 54.9 Å². The lowest BCUT2D eigenvalue weighted by molar-refractivity contribution is 0.0846. The molecule has 3 aromatic heterocycles. The number of rotatable bonds is 3. The number of hydrogen-bond donors (Lipinski definition) is 2. The molecule has 0 saturated heterocycles. The summed E-state index contributed by atoms with van der Waals surface area (Å²) in [6.45, 7) is 5.53. The zero-order valence-corrected chi connectivity index (χ0v) is 16.3. The summed E-state index contributed by atoms with van der Waals surface area (Å²) >= 11 is 0. The molecule has 4 aromatic rings. The number of hydrogen-bond acceptors (Lipinski definition) is 4. The van der Waals surface area contributed by atoms with Gasteiger partial charge in [0.25, 0.3) is 11.8 Å². The van der Waals surface area contributed by atoms with E-state index >= 15 is 0 Å². The van der Waals surface area contributed by atoms with Gasteiger partial charge in [-0.15, -0.1) is 0 Å². The topological polar surface area (TPSA) is 93.3 Å². The van der Waals surface area contributed by atoms with Crippen LogP contribution in [0.5, 0.6) is 0 Å². The lowest BCUT2D eigenvalue weighted by atomic mass is 10.2. The minimum absolute atomic E-state index is 0.320. The summed E-state index contributed by atoms with van der Waals surface area (Å²) < 4.78 is 3.52. The number of nitrogens with one attached hydrogen (secondary N) is 2. The molecule has 0 unspecified atom stereocenters. The van der Waals surface area contributed by atoms with Crippen molar-refractivity contribution in [1.82, 2.24) is 30.0 Å². The zero-order chi connectivity index (χ0) is 20.5. The molecule has 0 aliphatic carbocycles. The molecule has 0 aliphatic heterocycles. The Morgan fingerprint density at radius 2 is 1.69 bits per heavy atom. The molecule has 2 amide bonds. The van der Waals surface area contributed by atoms with Crippen LogP contribution in [0.2, 0.25) is 0 Å². The molecular formula is C21H20N6O2. The Bertz CT molecular complexity index is 1220. The zero-order valence-electron chi connectivity index (χ0n) is 16.3. The number of hydrazine groups is 1. The number of benzene rings is 1. The van der Waals surface area contributed by atoms with E-state index in [0.717, 1.165) is 17.1 Å². The van der Waals surface area contributed by atoms with Crippen molar-refractivity contribution in [3.63, 3.8) is 0 Å². The number of para-hydroxylation sites is 1. The van der Waals surface area contributed by atoms with Crippen molar-refractivity contribution in [3.05, 3.63) is 83.1 Å². The van der Waals surface area contributed by atoms with E-state index in [-0.39, 0.29) is 0 Å². The number of carbonyl (C=O) groups is 2. The van der Waals surface area contributed by atoms with Gasteiger partial charge in [0.2, 0.25) is 0 Å². The summed E-state index contributed by atoms with van der Waals surface area (Å²) in [5.74, 6) is -0.864. The Balaban J connectivity index is 1.55. The molecule has 0 saturated carbocycles. The van der Waals surface area contributed by atoms with Gasteiger partial charge in [0.15, 0.2) is 5.65 Å². The Morgan fingerprint density at radius 1 is 0.966 bits per heavy atom. The third-order valence-electron chi connectivity index (χ3n) is 4.78. The largest absolute Gasteiger partial charge is 0.318 e. The summed E-state index contributed by atoms with van der Waals surface area (Å²) in [7, 11) is 0. The third kappa shape index (κ3) is 3.25. The minimum Gasteiger partial charge on any atom is -0.318 e. The maximum atomic E-state index is 12.7. The molecule has 8 nitrogen and oxygen atoms in total. The lowest BCUT2D eigenvalue weighted by Crippen LogP contribution is -2.42. The normalized spacial score (nSPS) is 10.9. The highest BCUT2D eigenvalue weighted by Crippen LogP contribution is 2.20. The van der Waals surface area contributed by atoms with Crippen molar-refractivity contribution in [2.75, 3.05) is 0 Å². The average molecular weight is 388 g/mol. The van der Waals surface area contributed by atoms with Gasteiger partial charge in [-0.2, -0.15) is 5.10 Å². The second-order valence-electron chi connectivity index (χ2n) is 6.71. The predicted octanol–water partition coefficient (Wildman–Crippen LogP) is 2.52. The molecule has 3 heterocycles. The standard InChI is InChI=1S/C21H20N6O2/c1-13-12-17(15(3)27(13)16-8-5-4-6-9-16)20(28)23-24-21(29)18-14(2)25-26-11-7-10-22-19(18)26/h4-12H,1-3H3,(H,23,28)(H,24,29). The molecule has 0 spiro atoms. The number of carbonyl (C=O) groups excluding carboxylic acids is 2. The Hall–Kier alpha value is -3.94. The molecule has 0 atom stereocenters. The van der Waals surface area contributed by atoms with Crippen LogP contribution in [0.25, 0.3) is 11.3 Å². The fourth-order valence-corrected chi connectivity index (χ4v) is 3.47. The number of aromatic nitrogens is 4. The monoisotopic (exact) mass is 388 g/mol. The van der Waals surface area contributed by atoms with Gasteiger partial charge in [0.1, 0.15) is 5.56 Å². The number of fused-ring (bicyclic) bond motifs is 1. The van der Waals surface area contributed by atoms with Crippen LogP contribution in [-0.4, -0.2) is 31.0 Å². The van der Waals surface area contributed by atoms with Crippen molar-refractivity contribution >= 4 is 17.5 Å². The summed E-state index contributed by atoms with van der Waals surface area (Å²) in [6, 6.07) is 13.3. The average Bonchev–Trinajstić information content (AvgIpc) is 3.21. The first-order valence-corrected chi connectivity index (χ1v) is 9.12. The fourth-order valence-electron chi connectivity index (χ4n) is 3.47. The number of aryl methyl sites for hydroxylation is 2. The first-order valence-electron chi connectivity index (χ1n) is 9.12. The van der Waals surface area contributed by atoms with E-state index < -0.39 is 11.8 Å². The second-order valence-corrected chi connectivity index (χ2v) is 6.71. The van der Waals surface area contributed by atoms with Crippen molar-refractivity contribution < 1.29 is 9.59 Å². The van der Waals surface area contributed by atoms with Gasteiger partial charge in [-0.05, 0) is 45.0 Å². The molecule has 8 heteroatoms. The van der Waals surface area contributed by atoms with Crippen molar-refractivity contribution in [3.8, 4) is 5.69 Å². The number of amides is 2. The second kappa shape index (κ2) is 7.23. The molecule has 0 bridgehead atoms. The molecule has 29 heavy (non-hydrogen) atoms. The Labute approximate surface area is 167 Å². The van der Waals surface area contributed by atoms with E-state index in [2.05, 4.69) is 20.9 Å². The fraction of sp³-hybridized carbons (Fsp3) is 0.143. The third-order valence-corrected chi connectivity index (χ3v) is 4.78. The Morgan fingerprint density at radius 3 is 2.45 bits per heavy atom. The molecule has 146 valence electrons. The van der Waals surface area contributed by atoms with Crippen LogP contribution in [0, 0.1) is 20.8 Å². The summed E-state index contributed by atoms with van der Waals surface area (Å²) in [4.78, 5) is 29.5. The molecule has 1 aromatic carbocycles. The van der Waals surface area contributed by atoms with Gasteiger partial charge in [-0.25, -0.2) is 9.50 Å². The van der Waals surface area contributed by atoms with Gasteiger partial charge in [0.05, 0.1) is 11.3 Å². The predicted molar refractivity (Wildman–Crippen MR) is 108 cm³/mol. The van der Waals surface area contributed by atoms with Crippen LogP contribution >= 0.6 is 0 Å². The highest BCUT2D eigenvalue weighted by molar-refractivity contribution is 6.03. The quantitative estimate of drug-likeness (QED) is 0.528. The molecule has 0 aliphatic rings. The van der Waals surface area contributed by atoms with E-state index in [1.807, 2.05) is 48.7 Å². The minimum atomic E-state index is -0.471. The summed E-state index contributed by atoms with van der Waals surface area (Å²) in [6.07, 6.45) is 3.30. The highest BCUT2D eigenvalue weighted by atomic mass is 16.2. The lowest BCUT2D eigenvalue weighted by Gasteiger charge is -2.10. The van der Waals surface area contributed by atoms with Crippen molar-refractivity contribution in [2.24, 2.45) is 0 Å². The highest BCUT2D eigenvalue weighted by Gasteiger charge is 2.20. The van der Waals surface area contributed by atoms with E-state index in [0.29, 0.717) is 22.5 Å². The van der Waals surface area contributed by atoms with Crippen LogP contribution in [0.3, 0.4) is 0 Å². The van der Waals surface area contributed by atoms with Gasteiger partial charge >= 0.3 is 0 Å². The van der Waals surface area contributed by atoms with Gasteiger partial charge < -0.3 is 4.57 Å². The molecular weight excluding hydrogens is 368 g/mol. The van der Waals surface area contributed by atoms with E-state index in [9.17, 15) is 9.59 Å². The first-order chi connectivity index (χ1) is 14.0. The molecule has 0 radical (unpaired) electrons. The van der Waals surface area contributed by atoms with Gasteiger partial charge in [-0.1, -0.05) is 18.2 Å². The molecule has 2 N–H and O–H groups in total. The van der Waals surface area contributed by atoms with Crippen LogP contribution in [0.4, 0.5) is 0 Å². The van der Waals surface area contributed by atoms with Crippen molar-refractivity contribution in [2.45, 2.75) is 20.8 Å². The van der Waals surface area contributed by atoms with Gasteiger partial charge in [-0.3, -0.25) is 20.4 Å². The Kier molecular flexibility index (Phi) is 4.59. The summed E-state index contributed by atoms with van der Waals surface area (Å²) in [5, 5.41) is 4.26. The maximum absolute atomic E-state index is 12.7. The van der Waals surface area contributed by atoms with Crippen LogP contribution in [0.1, 0.15) is 37.8 Å². The van der Waals surface area contributed by atoms with Crippen molar-refractivity contribution in [1.29, 1.82) is 0 Å². The SMILES string of the molecule is Cc1nn2cccnc2c1C(=O)NNC(=O)c1cc(C)n(-c2ccccc2)c1C. The maximum Gasteiger partial charge on any atom is 0.275 e.